The van der Waals surface area contributed by atoms with E-state index in [1.807, 2.05) is 6.07 Å². The van der Waals surface area contributed by atoms with E-state index < -0.39 is 5.97 Å². The zero-order valence-corrected chi connectivity index (χ0v) is 10.0. The molecule has 0 radical (unpaired) electrons. The maximum Gasteiger partial charge on any atom is 0.354 e. The van der Waals surface area contributed by atoms with Gasteiger partial charge in [-0.15, -0.1) is 0 Å². The van der Waals surface area contributed by atoms with Gasteiger partial charge < -0.3 is 5.11 Å². The second kappa shape index (κ2) is 4.39. The van der Waals surface area contributed by atoms with Gasteiger partial charge in [0.1, 0.15) is 6.07 Å². The topological polar surface area (TPSA) is 78.9 Å². The van der Waals surface area contributed by atoms with Gasteiger partial charge in [-0.3, -0.25) is 0 Å². The van der Waals surface area contributed by atoms with Gasteiger partial charge in [0.15, 0.2) is 11.4 Å². The van der Waals surface area contributed by atoms with Crippen molar-refractivity contribution in [3.63, 3.8) is 0 Å². The molecule has 1 heterocycles. The van der Waals surface area contributed by atoms with Gasteiger partial charge in [-0.2, -0.15) is 10.4 Å². The Labute approximate surface area is 105 Å². The molecule has 0 bridgehead atoms. The van der Waals surface area contributed by atoms with Crippen molar-refractivity contribution < 1.29 is 9.90 Å². The van der Waals surface area contributed by atoms with Crippen LogP contribution in [0.15, 0.2) is 34.8 Å². The van der Waals surface area contributed by atoms with E-state index in [0.29, 0.717) is 5.69 Å². The molecule has 17 heavy (non-hydrogen) atoms. The fourth-order valence-corrected chi connectivity index (χ4v) is 1.63. The quantitative estimate of drug-likeness (QED) is 0.920. The first-order valence-corrected chi connectivity index (χ1v) is 5.40. The number of aromatic nitrogens is 2. The normalized spacial score (nSPS) is 9.88. The number of hydrogen-bond donors (Lipinski definition) is 1. The van der Waals surface area contributed by atoms with E-state index in [1.54, 1.807) is 24.3 Å². The Morgan fingerprint density at radius 2 is 2.06 bits per heavy atom. The summed E-state index contributed by atoms with van der Waals surface area (Å²) in [4.78, 5) is 11.0. The molecular formula is C11H6BrN3O2. The zero-order valence-electron chi connectivity index (χ0n) is 8.46. The largest absolute Gasteiger partial charge is 0.477 e. The summed E-state index contributed by atoms with van der Waals surface area (Å²) in [6, 6.07) is 10.0. The summed E-state index contributed by atoms with van der Waals surface area (Å²) in [5.74, 6) is -1.12. The first kappa shape index (κ1) is 11.4. The van der Waals surface area contributed by atoms with Gasteiger partial charge in [0.05, 0.1) is 5.69 Å². The van der Waals surface area contributed by atoms with Crippen LogP contribution in [0, 0.1) is 11.3 Å². The number of carbonyl (C=O) groups is 1. The Balaban J connectivity index is 2.58. The van der Waals surface area contributed by atoms with Crippen LogP contribution in [0.4, 0.5) is 0 Å². The summed E-state index contributed by atoms with van der Waals surface area (Å²) >= 11 is 3.29. The Morgan fingerprint density at radius 3 is 2.59 bits per heavy atom. The predicted molar refractivity (Wildman–Crippen MR) is 62.9 cm³/mol. The van der Waals surface area contributed by atoms with E-state index >= 15 is 0 Å². The smallest absolute Gasteiger partial charge is 0.354 e. The van der Waals surface area contributed by atoms with Crippen molar-refractivity contribution >= 4 is 21.9 Å². The summed E-state index contributed by atoms with van der Waals surface area (Å²) in [5, 5.41) is 21.6. The van der Waals surface area contributed by atoms with Crippen LogP contribution in [-0.2, 0) is 0 Å². The number of nitriles is 1. The van der Waals surface area contributed by atoms with Gasteiger partial charge in [-0.05, 0) is 24.3 Å². The zero-order chi connectivity index (χ0) is 12.4. The van der Waals surface area contributed by atoms with Crippen molar-refractivity contribution in [2.45, 2.75) is 0 Å². The third kappa shape index (κ3) is 2.19. The van der Waals surface area contributed by atoms with Crippen molar-refractivity contribution in [2.24, 2.45) is 0 Å². The molecule has 6 heteroatoms. The lowest BCUT2D eigenvalue weighted by atomic mass is 10.3. The highest BCUT2D eigenvalue weighted by molar-refractivity contribution is 9.10. The minimum Gasteiger partial charge on any atom is -0.477 e. The second-order valence-electron chi connectivity index (χ2n) is 3.22. The van der Waals surface area contributed by atoms with Crippen LogP contribution in [-0.4, -0.2) is 20.9 Å². The molecule has 84 valence electrons. The van der Waals surface area contributed by atoms with Crippen LogP contribution in [0.5, 0.6) is 0 Å². The van der Waals surface area contributed by atoms with Gasteiger partial charge >= 0.3 is 5.97 Å². The third-order valence-electron chi connectivity index (χ3n) is 2.11. The highest BCUT2D eigenvalue weighted by atomic mass is 79.9. The summed E-state index contributed by atoms with van der Waals surface area (Å²) in [5.41, 5.74) is 0.626. The van der Waals surface area contributed by atoms with Gasteiger partial charge in [0.25, 0.3) is 0 Å². The number of carboxylic acids is 1. The number of carboxylic acid groups (broad SMARTS) is 1. The molecule has 1 N–H and O–H groups in total. The number of halogens is 1. The number of hydrogen-bond acceptors (Lipinski definition) is 3. The molecule has 0 aliphatic rings. The maximum atomic E-state index is 11.0. The molecule has 0 amide bonds. The molecule has 0 saturated heterocycles. The van der Waals surface area contributed by atoms with Crippen LogP contribution >= 0.6 is 15.9 Å². The van der Waals surface area contributed by atoms with Crippen molar-refractivity contribution in [3.05, 3.63) is 46.2 Å². The molecule has 0 fully saturated rings. The Hall–Kier alpha value is -2.13. The molecule has 5 nitrogen and oxygen atoms in total. The van der Waals surface area contributed by atoms with Crippen LogP contribution in [0.25, 0.3) is 5.69 Å². The molecular weight excluding hydrogens is 286 g/mol. The molecule has 2 rings (SSSR count). The Bertz CT molecular complexity index is 611. The van der Waals surface area contributed by atoms with Crippen molar-refractivity contribution in [1.29, 1.82) is 5.26 Å². The average molecular weight is 292 g/mol. The van der Waals surface area contributed by atoms with Crippen molar-refractivity contribution in [1.82, 2.24) is 9.78 Å². The minimum atomic E-state index is -1.12. The fourth-order valence-electron chi connectivity index (χ4n) is 1.37. The predicted octanol–water partition coefficient (Wildman–Crippen LogP) is 2.20. The average Bonchev–Trinajstić information content (AvgIpc) is 2.74. The van der Waals surface area contributed by atoms with Crippen LogP contribution < -0.4 is 0 Å². The number of rotatable bonds is 2. The molecule has 0 aliphatic heterocycles. The summed E-state index contributed by atoms with van der Waals surface area (Å²) in [6.45, 7) is 0. The van der Waals surface area contributed by atoms with Crippen molar-refractivity contribution in [2.75, 3.05) is 0 Å². The summed E-state index contributed by atoms with van der Waals surface area (Å²) in [6.07, 6.45) is 0. The molecule has 0 atom stereocenters. The maximum absolute atomic E-state index is 11.0. The number of benzene rings is 1. The fraction of sp³-hybridized carbons (Fsp3) is 0. The lowest BCUT2D eigenvalue weighted by Gasteiger charge is -2.03. The van der Waals surface area contributed by atoms with E-state index in [9.17, 15) is 4.79 Å². The molecule has 2 aromatic rings. The standard InChI is InChI=1S/C11H6BrN3O2/c12-7-1-3-9(4-2-7)15-10(11(16)17)5-8(6-13)14-15/h1-5H,(H,16,17). The van der Waals surface area contributed by atoms with Crippen molar-refractivity contribution in [3.8, 4) is 11.8 Å². The summed E-state index contributed by atoms with van der Waals surface area (Å²) in [7, 11) is 0. The number of aromatic carboxylic acids is 1. The van der Waals surface area contributed by atoms with Gasteiger partial charge in [-0.25, -0.2) is 9.48 Å². The highest BCUT2D eigenvalue weighted by Crippen LogP contribution is 2.16. The van der Waals surface area contributed by atoms with Gasteiger partial charge in [0.2, 0.25) is 0 Å². The van der Waals surface area contributed by atoms with E-state index in [0.717, 1.165) is 4.47 Å². The van der Waals surface area contributed by atoms with E-state index in [-0.39, 0.29) is 11.4 Å². The SMILES string of the molecule is N#Cc1cc(C(=O)O)n(-c2ccc(Br)cc2)n1. The van der Waals surface area contributed by atoms with Gasteiger partial charge in [-0.1, -0.05) is 15.9 Å². The first-order valence-electron chi connectivity index (χ1n) is 4.61. The number of nitrogens with zero attached hydrogens (tertiary/aromatic N) is 3. The Morgan fingerprint density at radius 1 is 1.41 bits per heavy atom. The molecule has 0 aliphatic carbocycles. The minimum absolute atomic E-state index is 0.0381. The van der Waals surface area contributed by atoms with Crippen LogP contribution in [0.1, 0.15) is 16.2 Å². The summed E-state index contributed by atoms with van der Waals surface area (Å²) < 4.78 is 2.11. The monoisotopic (exact) mass is 291 g/mol. The third-order valence-corrected chi connectivity index (χ3v) is 2.64. The molecule has 0 saturated carbocycles. The van der Waals surface area contributed by atoms with Crippen LogP contribution in [0.2, 0.25) is 0 Å². The van der Waals surface area contributed by atoms with Crippen LogP contribution in [0.3, 0.4) is 0 Å². The molecule has 0 spiro atoms. The van der Waals surface area contributed by atoms with E-state index in [4.69, 9.17) is 10.4 Å². The molecule has 1 aromatic carbocycles. The lowest BCUT2D eigenvalue weighted by Crippen LogP contribution is -2.07. The lowest BCUT2D eigenvalue weighted by molar-refractivity contribution is 0.0687. The second-order valence-corrected chi connectivity index (χ2v) is 4.14. The van der Waals surface area contributed by atoms with Gasteiger partial charge in [0, 0.05) is 10.5 Å². The first-order chi connectivity index (χ1) is 8.11. The Kier molecular flexibility index (Phi) is 2.93. The van der Waals surface area contributed by atoms with E-state index in [2.05, 4.69) is 21.0 Å². The van der Waals surface area contributed by atoms with E-state index in [1.165, 1.54) is 10.7 Å². The highest BCUT2D eigenvalue weighted by Gasteiger charge is 2.15. The molecule has 0 unspecified atom stereocenters. The molecule has 1 aromatic heterocycles.